The summed E-state index contributed by atoms with van der Waals surface area (Å²) in [5, 5.41) is 2.60. The average Bonchev–Trinajstić information content (AvgIpc) is 2.91. The fourth-order valence-electron chi connectivity index (χ4n) is 3.40. The molecule has 0 spiro atoms. The molecule has 0 fully saturated rings. The largest absolute Gasteiger partial charge is 0.466 e. The molecule has 0 aliphatic rings. The van der Waals surface area contributed by atoms with Gasteiger partial charge in [-0.25, -0.2) is 19.6 Å². The number of amides is 1. The Morgan fingerprint density at radius 1 is 0.816 bits per heavy atom. The molecule has 2 aromatic carbocycles. The fourth-order valence-corrected chi connectivity index (χ4v) is 3.40. The first-order chi connectivity index (χ1) is 18.4. The molecular formula is C27H29N3O8. The van der Waals surface area contributed by atoms with Crippen LogP contribution in [0.2, 0.25) is 0 Å². The third-order valence-corrected chi connectivity index (χ3v) is 5.16. The topological polar surface area (TPSA) is 143 Å². The number of fused-ring (bicyclic) bond motifs is 1. The molecule has 1 heterocycles. The Morgan fingerprint density at radius 2 is 1.45 bits per heavy atom. The number of hydrogen-bond donors (Lipinski definition) is 1. The molecule has 0 aliphatic carbocycles. The summed E-state index contributed by atoms with van der Waals surface area (Å²) in [5.41, 5.74) is 1.19. The number of ether oxygens (including phenoxy) is 4. The number of nitrogens with one attached hydrogen (secondary N) is 1. The maximum atomic E-state index is 12.8. The summed E-state index contributed by atoms with van der Waals surface area (Å²) >= 11 is 0. The second kappa shape index (κ2) is 13.7. The lowest BCUT2D eigenvalue weighted by atomic mass is 10.1. The molecule has 3 rings (SSSR count). The molecular weight excluding hydrogens is 494 g/mol. The fraction of sp³-hybridized carbons (Fsp3) is 0.333. The number of para-hydroxylation sites is 2. The Morgan fingerprint density at radius 3 is 2.08 bits per heavy atom. The van der Waals surface area contributed by atoms with Crippen LogP contribution in [0.5, 0.6) is 11.6 Å². The molecule has 0 aliphatic heterocycles. The van der Waals surface area contributed by atoms with Gasteiger partial charge in [-0.05, 0) is 63.6 Å². The van der Waals surface area contributed by atoms with E-state index in [0.29, 0.717) is 16.8 Å². The van der Waals surface area contributed by atoms with E-state index in [-0.39, 0.29) is 49.8 Å². The van der Waals surface area contributed by atoms with Gasteiger partial charge in [-0.3, -0.25) is 9.59 Å². The average molecular weight is 524 g/mol. The van der Waals surface area contributed by atoms with Crippen LogP contribution in [0.3, 0.4) is 0 Å². The van der Waals surface area contributed by atoms with E-state index in [1.54, 1.807) is 45.0 Å². The van der Waals surface area contributed by atoms with Crippen molar-refractivity contribution >= 4 is 34.8 Å². The van der Waals surface area contributed by atoms with Crippen molar-refractivity contribution in [3.05, 3.63) is 59.8 Å². The molecule has 1 aromatic heterocycles. The monoisotopic (exact) mass is 523 g/mol. The van der Waals surface area contributed by atoms with E-state index in [0.717, 1.165) is 0 Å². The first-order valence-corrected chi connectivity index (χ1v) is 12.2. The molecule has 0 radical (unpaired) electrons. The highest BCUT2D eigenvalue weighted by Crippen LogP contribution is 2.26. The van der Waals surface area contributed by atoms with E-state index in [1.807, 2.05) is 0 Å². The first-order valence-electron chi connectivity index (χ1n) is 12.2. The summed E-state index contributed by atoms with van der Waals surface area (Å²) in [6, 6.07) is 12.0. The van der Waals surface area contributed by atoms with Crippen LogP contribution in [0, 0.1) is 0 Å². The lowest BCUT2D eigenvalue weighted by Gasteiger charge is -2.17. The minimum atomic E-state index is -1.03. The third kappa shape index (κ3) is 7.48. The zero-order valence-corrected chi connectivity index (χ0v) is 21.4. The van der Waals surface area contributed by atoms with Crippen LogP contribution in [0.4, 0.5) is 0 Å². The highest BCUT2D eigenvalue weighted by Gasteiger charge is 2.24. The van der Waals surface area contributed by atoms with Crippen LogP contribution in [0.25, 0.3) is 11.0 Å². The van der Waals surface area contributed by atoms with Gasteiger partial charge in [0.1, 0.15) is 11.8 Å². The van der Waals surface area contributed by atoms with Crippen molar-refractivity contribution in [3.8, 4) is 11.6 Å². The van der Waals surface area contributed by atoms with Gasteiger partial charge in [-0.1, -0.05) is 12.1 Å². The van der Waals surface area contributed by atoms with Crippen molar-refractivity contribution in [2.75, 3.05) is 19.8 Å². The lowest BCUT2D eigenvalue weighted by Crippen LogP contribution is -2.42. The second-order valence-electron chi connectivity index (χ2n) is 7.83. The molecule has 200 valence electrons. The van der Waals surface area contributed by atoms with Crippen LogP contribution in [0.15, 0.2) is 48.5 Å². The normalized spacial score (nSPS) is 11.3. The van der Waals surface area contributed by atoms with E-state index in [1.165, 1.54) is 24.3 Å². The number of carbonyl (C=O) groups excluding carboxylic acids is 4. The Balaban J connectivity index is 1.76. The zero-order valence-electron chi connectivity index (χ0n) is 21.4. The second-order valence-corrected chi connectivity index (χ2v) is 7.83. The molecule has 0 bridgehead atoms. The van der Waals surface area contributed by atoms with E-state index >= 15 is 0 Å². The minimum absolute atomic E-state index is 0.0296. The van der Waals surface area contributed by atoms with Crippen molar-refractivity contribution in [3.63, 3.8) is 0 Å². The number of carbonyl (C=O) groups is 4. The smallest absolute Gasteiger partial charge is 0.362 e. The van der Waals surface area contributed by atoms with Gasteiger partial charge in [0.2, 0.25) is 5.69 Å². The van der Waals surface area contributed by atoms with Gasteiger partial charge in [0.25, 0.3) is 11.8 Å². The van der Waals surface area contributed by atoms with Crippen LogP contribution in [-0.2, 0) is 23.8 Å². The Hall–Kier alpha value is -4.54. The summed E-state index contributed by atoms with van der Waals surface area (Å²) in [6.07, 6.45) is -0.0260. The highest BCUT2D eigenvalue weighted by atomic mass is 16.5. The van der Waals surface area contributed by atoms with Crippen molar-refractivity contribution in [1.82, 2.24) is 15.3 Å². The number of aromatic nitrogens is 2. The summed E-state index contributed by atoms with van der Waals surface area (Å²) < 4.78 is 20.8. The predicted octanol–water partition coefficient (Wildman–Crippen LogP) is 3.60. The molecule has 0 saturated carbocycles. The quantitative estimate of drug-likeness (QED) is 0.276. The maximum Gasteiger partial charge on any atom is 0.362 e. The van der Waals surface area contributed by atoms with Gasteiger partial charge in [-0.2, -0.15) is 0 Å². The summed E-state index contributed by atoms with van der Waals surface area (Å²) in [6.45, 7) is 5.51. The third-order valence-electron chi connectivity index (χ3n) is 5.16. The Kier molecular flexibility index (Phi) is 10.1. The SMILES string of the molecule is CCOC(=O)CC[C@H](NC(=O)c1ccc(Oc2nc3ccccc3nc2C(=O)OCC)cc1)C(=O)OCC. The van der Waals surface area contributed by atoms with Gasteiger partial charge in [0.05, 0.1) is 30.9 Å². The molecule has 11 heteroatoms. The van der Waals surface area contributed by atoms with Gasteiger partial charge >= 0.3 is 17.9 Å². The van der Waals surface area contributed by atoms with Crippen LogP contribution >= 0.6 is 0 Å². The van der Waals surface area contributed by atoms with Gasteiger partial charge in [0, 0.05) is 12.0 Å². The summed E-state index contributed by atoms with van der Waals surface area (Å²) in [5.74, 6) is -2.09. The van der Waals surface area contributed by atoms with E-state index < -0.39 is 29.9 Å². The lowest BCUT2D eigenvalue weighted by molar-refractivity contribution is -0.146. The number of benzene rings is 2. The number of hydrogen-bond acceptors (Lipinski definition) is 10. The molecule has 1 atom stereocenters. The van der Waals surface area contributed by atoms with Crippen molar-refractivity contribution in [2.45, 2.75) is 39.7 Å². The molecule has 1 amide bonds. The van der Waals surface area contributed by atoms with E-state index in [4.69, 9.17) is 18.9 Å². The van der Waals surface area contributed by atoms with Gasteiger partial charge < -0.3 is 24.3 Å². The number of esters is 3. The van der Waals surface area contributed by atoms with Crippen molar-refractivity contribution in [1.29, 1.82) is 0 Å². The molecule has 0 saturated heterocycles. The zero-order chi connectivity index (χ0) is 27.5. The Bertz CT molecular complexity index is 1290. The summed E-state index contributed by atoms with van der Waals surface area (Å²) in [4.78, 5) is 58.0. The van der Waals surface area contributed by atoms with Gasteiger partial charge in [-0.15, -0.1) is 0 Å². The molecule has 3 aromatic rings. The number of nitrogens with zero attached hydrogens (tertiary/aromatic N) is 2. The van der Waals surface area contributed by atoms with Crippen LogP contribution in [-0.4, -0.2) is 59.6 Å². The standard InChI is InChI=1S/C27H29N3O8/c1-4-35-22(31)16-15-21(26(33)36-5-2)29-24(32)17-11-13-18(14-12-17)38-25-23(27(34)37-6-3)28-19-9-7-8-10-20(19)30-25/h7-14,21H,4-6,15-16H2,1-3H3,(H,29,32)/t21-/m0/s1. The van der Waals surface area contributed by atoms with Gasteiger partial charge in [0.15, 0.2) is 0 Å². The first kappa shape index (κ1) is 28.0. The van der Waals surface area contributed by atoms with Crippen molar-refractivity contribution < 1.29 is 38.1 Å². The maximum absolute atomic E-state index is 12.8. The minimum Gasteiger partial charge on any atom is -0.466 e. The Labute approximate surface area is 219 Å². The van der Waals surface area contributed by atoms with Crippen LogP contribution in [0.1, 0.15) is 54.5 Å². The summed E-state index contributed by atoms with van der Waals surface area (Å²) in [7, 11) is 0. The molecule has 0 unspecified atom stereocenters. The van der Waals surface area contributed by atoms with Crippen molar-refractivity contribution in [2.24, 2.45) is 0 Å². The molecule has 1 N–H and O–H groups in total. The van der Waals surface area contributed by atoms with Crippen LogP contribution < -0.4 is 10.1 Å². The molecule has 11 nitrogen and oxygen atoms in total. The van der Waals surface area contributed by atoms with E-state index in [9.17, 15) is 19.2 Å². The number of rotatable bonds is 12. The van der Waals surface area contributed by atoms with E-state index in [2.05, 4.69) is 15.3 Å². The highest BCUT2D eigenvalue weighted by molar-refractivity contribution is 5.97. The molecule has 38 heavy (non-hydrogen) atoms. The predicted molar refractivity (Wildman–Crippen MR) is 136 cm³/mol.